The molecule has 2 aromatic heterocycles. The van der Waals surface area contributed by atoms with Gasteiger partial charge in [-0.3, -0.25) is 14.9 Å². The molecule has 0 aliphatic heterocycles. The molecule has 0 bridgehead atoms. The second-order valence-corrected chi connectivity index (χ2v) is 8.45. The molecule has 182 valence electrons. The number of aliphatic hydroxyl groups excluding tert-OH is 1. The Bertz CT molecular complexity index is 1320. The van der Waals surface area contributed by atoms with Gasteiger partial charge < -0.3 is 15.2 Å². The Morgan fingerprint density at radius 3 is 2.71 bits per heavy atom. The van der Waals surface area contributed by atoms with Crippen LogP contribution < -0.4 is 10.1 Å². The van der Waals surface area contributed by atoms with Crippen LogP contribution in [0.3, 0.4) is 0 Å². The molecule has 0 spiro atoms. The van der Waals surface area contributed by atoms with Crippen molar-refractivity contribution >= 4 is 16.8 Å². The van der Waals surface area contributed by atoms with Crippen molar-refractivity contribution in [1.82, 2.24) is 20.5 Å². The molecule has 8 heteroatoms. The first-order valence-corrected chi connectivity index (χ1v) is 11.7. The lowest BCUT2D eigenvalue weighted by atomic mass is 9.97. The topological polar surface area (TPSA) is 100 Å². The van der Waals surface area contributed by atoms with Crippen molar-refractivity contribution in [3.05, 3.63) is 77.5 Å². The lowest BCUT2D eigenvalue weighted by Crippen LogP contribution is -2.23. The van der Waals surface area contributed by atoms with Gasteiger partial charge in [0, 0.05) is 40.5 Å². The van der Waals surface area contributed by atoms with E-state index < -0.39 is 0 Å². The SMILES string of the molecule is CCOc1cc(C(=O)NCc2cnc(C)c3cn[nH]c23)ccc1-c1cccc(F)c1.OC1CCC1. The number of aryl methyl sites for hydroxylation is 1. The molecule has 0 atom stereocenters. The Hall–Kier alpha value is -3.78. The van der Waals surface area contributed by atoms with E-state index in [1.54, 1.807) is 42.7 Å². The van der Waals surface area contributed by atoms with E-state index in [4.69, 9.17) is 9.84 Å². The third-order valence-corrected chi connectivity index (χ3v) is 5.96. The largest absolute Gasteiger partial charge is 0.493 e. The summed E-state index contributed by atoms with van der Waals surface area (Å²) in [5, 5.41) is 19.3. The van der Waals surface area contributed by atoms with Crippen LogP contribution in [-0.2, 0) is 6.54 Å². The zero-order valence-electron chi connectivity index (χ0n) is 19.8. The minimum Gasteiger partial charge on any atom is -0.493 e. The van der Waals surface area contributed by atoms with Gasteiger partial charge in [0.1, 0.15) is 11.6 Å². The summed E-state index contributed by atoms with van der Waals surface area (Å²) in [4.78, 5) is 17.1. The molecule has 35 heavy (non-hydrogen) atoms. The number of carbonyl (C=O) groups excluding carboxylic acids is 1. The number of H-pyrrole nitrogens is 1. The maximum absolute atomic E-state index is 13.6. The van der Waals surface area contributed by atoms with Crippen LogP contribution in [-0.4, -0.2) is 38.9 Å². The van der Waals surface area contributed by atoms with Gasteiger partial charge in [-0.05, 0) is 69.0 Å². The van der Waals surface area contributed by atoms with Crippen molar-refractivity contribution in [3.8, 4) is 16.9 Å². The van der Waals surface area contributed by atoms with E-state index in [-0.39, 0.29) is 17.8 Å². The molecule has 0 saturated heterocycles. The van der Waals surface area contributed by atoms with Gasteiger partial charge in [-0.2, -0.15) is 5.10 Å². The number of aromatic nitrogens is 3. The minimum absolute atomic E-state index is 0.0648. The number of carbonyl (C=O) groups is 1. The first-order valence-electron chi connectivity index (χ1n) is 11.7. The molecule has 1 saturated carbocycles. The molecule has 5 rings (SSSR count). The minimum atomic E-state index is -0.325. The summed E-state index contributed by atoms with van der Waals surface area (Å²) in [5.41, 5.74) is 4.47. The molecule has 3 N–H and O–H groups in total. The average molecular weight is 477 g/mol. The number of nitrogens with one attached hydrogen (secondary N) is 2. The van der Waals surface area contributed by atoms with Crippen molar-refractivity contribution in [2.24, 2.45) is 0 Å². The summed E-state index contributed by atoms with van der Waals surface area (Å²) in [6.45, 7) is 4.51. The maximum atomic E-state index is 13.6. The molecule has 2 heterocycles. The third-order valence-electron chi connectivity index (χ3n) is 5.96. The summed E-state index contributed by atoms with van der Waals surface area (Å²) in [7, 11) is 0. The van der Waals surface area contributed by atoms with E-state index in [0.29, 0.717) is 30.0 Å². The van der Waals surface area contributed by atoms with Gasteiger partial charge in [0.25, 0.3) is 5.91 Å². The van der Waals surface area contributed by atoms with Crippen LogP contribution in [0.15, 0.2) is 54.9 Å². The van der Waals surface area contributed by atoms with E-state index in [0.717, 1.165) is 40.6 Å². The van der Waals surface area contributed by atoms with Gasteiger partial charge in [-0.25, -0.2) is 4.39 Å². The van der Waals surface area contributed by atoms with Crippen molar-refractivity contribution in [2.75, 3.05) is 6.61 Å². The molecule has 4 aromatic rings. The number of aliphatic hydroxyl groups is 1. The second kappa shape index (κ2) is 11.1. The molecule has 1 aliphatic carbocycles. The number of aromatic amines is 1. The number of ether oxygens (including phenoxy) is 1. The first kappa shape index (κ1) is 24.3. The Kier molecular flexibility index (Phi) is 7.72. The molecule has 2 aromatic carbocycles. The predicted octanol–water partition coefficient (Wildman–Crippen LogP) is 4.93. The first-order chi connectivity index (χ1) is 17.0. The van der Waals surface area contributed by atoms with Crippen LogP contribution >= 0.6 is 0 Å². The zero-order chi connectivity index (χ0) is 24.8. The fourth-order valence-corrected chi connectivity index (χ4v) is 3.75. The lowest BCUT2D eigenvalue weighted by Gasteiger charge is -2.17. The van der Waals surface area contributed by atoms with Gasteiger partial charge in [-0.15, -0.1) is 0 Å². The number of nitrogens with zero attached hydrogens (tertiary/aromatic N) is 2. The normalized spacial score (nSPS) is 13.0. The summed E-state index contributed by atoms with van der Waals surface area (Å²) in [5.74, 6) is -0.0349. The summed E-state index contributed by atoms with van der Waals surface area (Å²) >= 11 is 0. The number of amides is 1. The van der Waals surface area contributed by atoms with Crippen molar-refractivity contribution < 1.29 is 19.0 Å². The number of rotatable bonds is 6. The molecule has 7 nitrogen and oxygen atoms in total. The smallest absolute Gasteiger partial charge is 0.251 e. The molecule has 1 aliphatic rings. The number of hydrogen-bond donors (Lipinski definition) is 3. The predicted molar refractivity (Wildman–Crippen MR) is 133 cm³/mol. The van der Waals surface area contributed by atoms with Crippen LogP contribution in [0, 0.1) is 12.7 Å². The van der Waals surface area contributed by atoms with Crippen molar-refractivity contribution in [3.63, 3.8) is 0 Å². The Morgan fingerprint density at radius 2 is 2.03 bits per heavy atom. The quantitative estimate of drug-likeness (QED) is 0.366. The van der Waals surface area contributed by atoms with Crippen LogP contribution in [0.2, 0.25) is 0 Å². The molecule has 1 amide bonds. The standard InChI is InChI=1S/C23H21FN4O2.C4H8O/c1-3-30-21-10-16(7-8-19(21)15-5-4-6-18(24)9-15)23(29)26-12-17-11-25-14(2)20-13-27-28-22(17)20;5-4-2-1-3-4/h4-11,13H,3,12H2,1-2H3,(H,26,29)(H,27,28);4-5H,1-3H2. The average Bonchev–Trinajstić information content (AvgIpc) is 3.34. The molecular formula is C27H29FN4O3. The van der Waals surface area contributed by atoms with Gasteiger partial charge in [-0.1, -0.05) is 12.1 Å². The number of fused-ring (bicyclic) bond motifs is 1. The van der Waals surface area contributed by atoms with Crippen LogP contribution in [0.4, 0.5) is 4.39 Å². The zero-order valence-corrected chi connectivity index (χ0v) is 19.8. The Morgan fingerprint density at radius 1 is 1.23 bits per heavy atom. The van der Waals surface area contributed by atoms with E-state index in [2.05, 4.69) is 20.5 Å². The monoisotopic (exact) mass is 476 g/mol. The van der Waals surface area contributed by atoms with Crippen LogP contribution in [0.1, 0.15) is 47.8 Å². The number of halogens is 1. The Labute approximate surface area is 203 Å². The second-order valence-electron chi connectivity index (χ2n) is 8.45. The van der Waals surface area contributed by atoms with E-state index >= 15 is 0 Å². The van der Waals surface area contributed by atoms with Crippen LogP contribution in [0.5, 0.6) is 5.75 Å². The maximum Gasteiger partial charge on any atom is 0.251 e. The van der Waals surface area contributed by atoms with Gasteiger partial charge in [0.2, 0.25) is 0 Å². The van der Waals surface area contributed by atoms with Gasteiger partial charge in [0.15, 0.2) is 0 Å². The summed E-state index contributed by atoms with van der Waals surface area (Å²) in [6.07, 6.45) is 6.84. The summed E-state index contributed by atoms with van der Waals surface area (Å²) in [6, 6.07) is 11.4. The number of pyridine rings is 1. The van der Waals surface area contributed by atoms with Crippen molar-refractivity contribution in [1.29, 1.82) is 0 Å². The molecule has 1 fully saturated rings. The third kappa shape index (κ3) is 5.84. The Balaban J connectivity index is 0.000000514. The highest BCUT2D eigenvalue weighted by molar-refractivity contribution is 5.96. The van der Waals surface area contributed by atoms with Gasteiger partial charge >= 0.3 is 0 Å². The van der Waals surface area contributed by atoms with E-state index in [1.807, 2.05) is 13.8 Å². The van der Waals surface area contributed by atoms with Gasteiger partial charge in [0.05, 0.1) is 24.4 Å². The molecular weight excluding hydrogens is 447 g/mol. The lowest BCUT2D eigenvalue weighted by molar-refractivity contribution is 0.0945. The molecule has 0 radical (unpaired) electrons. The number of benzene rings is 2. The highest BCUT2D eigenvalue weighted by atomic mass is 19.1. The highest BCUT2D eigenvalue weighted by Crippen LogP contribution is 2.31. The fourth-order valence-electron chi connectivity index (χ4n) is 3.75. The molecule has 0 unspecified atom stereocenters. The van der Waals surface area contributed by atoms with E-state index in [1.165, 1.54) is 18.6 Å². The number of hydrogen-bond acceptors (Lipinski definition) is 5. The van der Waals surface area contributed by atoms with E-state index in [9.17, 15) is 9.18 Å². The van der Waals surface area contributed by atoms with Crippen molar-refractivity contribution in [2.45, 2.75) is 45.8 Å². The van der Waals surface area contributed by atoms with Crippen LogP contribution in [0.25, 0.3) is 22.0 Å². The fraction of sp³-hybridized carbons (Fsp3) is 0.296. The highest BCUT2D eigenvalue weighted by Gasteiger charge is 2.14. The summed E-state index contributed by atoms with van der Waals surface area (Å²) < 4.78 is 19.4.